The van der Waals surface area contributed by atoms with Crippen molar-refractivity contribution in [3.8, 4) is 16.9 Å². The molecule has 9 heteroatoms. The molecule has 0 aliphatic rings. The van der Waals surface area contributed by atoms with Crippen LogP contribution >= 0.6 is 27.5 Å². The molecule has 0 spiro atoms. The molecular weight excluding hydrogens is 544 g/mol. The Kier molecular flexibility index (Phi) is 7.67. The van der Waals surface area contributed by atoms with Gasteiger partial charge in [-0.2, -0.15) is 0 Å². The maximum atomic E-state index is 12.8. The van der Waals surface area contributed by atoms with Crippen molar-refractivity contribution < 1.29 is 14.3 Å². The molecule has 0 bridgehead atoms. The first-order valence-corrected chi connectivity index (χ1v) is 12.1. The van der Waals surface area contributed by atoms with E-state index in [9.17, 15) is 9.59 Å². The molecule has 2 heterocycles. The maximum Gasteiger partial charge on any atom is 0.274 e. The molecule has 2 amide bonds. The summed E-state index contributed by atoms with van der Waals surface area (Å²) in [7, 11) is 1.53. The Bertz CT molecular complexity index is 1480. The summed E-state index contributed by atoms with van der Waals surface area (Å²) in [5.74, 6) is -0.188. The van der Waals surface area contributed by atoms with Crippen molar-refractivity contribution in [2.45, 2.75) is 13.8 Å². The van der Waals surface area contributed by atoms with Crippen LogP contribution in [0.2, 0.25) is 5.02 Å². The van der Waals surface area contributed by atoms with E-state index in [0.717, 1.165) is 21.2 Å². The molecule has 2 N–H and O–H groups in total. The van der Waals surface area contributed by atoms with Gasteiger partial charge in [-0.3, -0.25) is 14.6 Å². The number of aromatic nitrogens is 2. The number of anilines is 2. The lowest BCUT2D eigenvalue weighted by Crippen LogP contribution is -2.15. The number of benzene rings is 2. The number of hydrogen-bond acceptors (Lipinski definition) is 5. The average Bonchev–Trinajstić information content (AvgIpc) is 2.88. The number of carbonyl (C=O) groups excluding carboxylic acids is 2. The van der Waals surface area contributed by atoms with Gasteiger partial charge in [0.05, 0.1) is 17.8 Å². The molecule has 4 aromatic rings. The number of methoxy groups -OCH3 is 1. The minimum absolute atomic E-state index is 0.235. The van der Waals surface area contributed by atoms with Crippen LogP contribution in [0, 0.1) is 13.8 Å². The number of rotatable bonds is 6. The molecule has 0 saturated heterocycles. The van der Waals surface area contributed by atoms with E-state index in [2.05, 4.69) is 36.5 Å². The highest BCUT2D eigenvalue weighted by Crippen LogP contribution is 2.37. The van der Waals surface area contributed by atoms with E-state index in [4.69, 9.17) is 16.3 Å². The van der Waals surface area contributed by atoms with Crippen molar-refractivity contribution >= 4 is 50.7 Å². The summed E-state index contributed by atoms with van der Waals surface area (Å²) in [6.45, 7) is 3.77. The van der Waals surface area contributed by atoms with E-state index in [1.807, 2.05) is 38.1 Å². The number of carbonyl (C=O) groups is 2. The first-order valence-electron chi connectivity index (χ1n) is 10.9. The van der Waals surface area contributed by atoms with E-state index < -0.39 is 0 Å². The number of hydrogen-bond donors (Lipinski definition) is 2. The summed E-state index contributed by atoms with van der Waals surface area (Å²) >= 11 is 10.1. The fourth-order valence-electron chi connectivity index (χ4n) is 3.60. The molecule has 2 aromatic carbocycles. The summed E-state index contributed by atoms with van der Waals surface area (Å²) in [6.07, 6.45) is 3.11. The van der Waals surface area contributed by atoms with Gasteiger partial charge in [-0.25, -0.2) is 4.98 Å². The molecule has 182 valence electrons. The monoisotopic (exact) mass is 564 g/mol. The number of aryl methyl sites for hydroxylation is 1. The lowest BCUT2D eigenvalue weighted by atomic mass is 9.98. The van der Waals surface area contributed by atoms with Gasteiger partial charge in [0.2, 0.25) is 0 Å². The lowest BCUT2D eigenvalue weighted by molar-refractivity contribution is 0.101. The van der Waals surface area contributed by atoms with Crippen molar-refractivity contribution in [3.63, 3.8) is 0 Å². The third-order valence-electron chi connectivity index (χ3n) is 5.60. The first kappa shape index (κ1) is 25.3. The largest absolute Gasteiger partial charge is 0.497 e. The van der Waals surface area contributed by atoms with Crippen LogP contribution in [0.4, 0.5) is 11.4 Å². The molecule has 7 nitrogen and oxygen atoms in total. The van der Waals surface area contributed by atoms with Crippen molar-refractivity contribution in [3.05, 3.63) is 99.0 Å². The Hall–Kier alpha value is -3.75. The van der Waals surface area contributed by atoms with Gasteiger partial charge in [-0.05, 0) is 70.7 Å². The van der Waals surface area contributed by atoms with E-state index in [-0.39, 0.29) is 23.2 Å². The number of pyridine rings is 2. The molecule has 0 saturated carbocycles. The molecule has 4 rings (SSSR count). The summed E-state index contributed by atoms with van der Waals surface area (Å²) < 4.78 is 6.00. The lowest BCUT2D eigenvalue weighted by Gasteiger charge is -2.16. The van der Waals surface area contributed by atoms with Crippen LogP contribution in [-0.2, 0) is 0 Å². The summed E-state index contributed by atoms with van der Waals surface area (Å²) in [5.41, 5.74) is 4.81. The van der Waals surface area contributed by atoms with Crippen molar-refractivity contribution in [2.75, 3.05) is 17.7 Å². The standard InChI is InChI=1S/C27H22BrClN4O3/c1-15-12-23(31-14-20(15)28)26(34)33-22-9-5-7-19(25(22)29)18-6-4-8-21(16(18)2)32-27(35)24-13-17(36-3)10-11-30-24/h4-14H,1-3H3,(H,32,35)(H,33,34). The number of nitrogens with one attached hydrogen (secondary N) is 2. The highest BCUT2D eigenvalue weighted by Gasteiger charge is 2.17. The van der Waals surface area contributed by atoms with Crippen molar-refractivity contribution in [1.29, 1.82) is 0 Å². The summed E-state index contributed by atoms with van der Waals surface area (Å²) in [5, 5.41) is 6.12. The van der Waals surface area contributed by atoms with E-state index >= 15 is 0 Å². The topological polar surface area (TPSA) is 93.2 Å². The summed E-state index contributed by atoms with van der Waals surface area (Å²) in [6, 6.07) is 15.9. The van der Waals surface area contributed by atoms with Crippen LogP contribution in [0.1, 0.15) is 32.1 Å². The SMILES string of the molecule is COc1ccnc(C(=O)Nc2cccc(-c3cccc(NC(=O)c4cc(C)c(Br)cn4)c3Cl)c2C)c1. The maximum absolute atomic E-state index is 12.8. The number of nitrogens with zero attached hydrogens (tertiary/aromatic N) is 2. The average molecular weight is 566 g/mol. The second kappa shape index (κ2) is 10.9. The Morgan fingerprint density at radius 1 is 0.889 bits per heavy atom. The second-order valence-corrected chi connectivity index (χ2v) is 9.19. The van der Waals surface area contributed by atoms with E-state index in [1.165, 1.54) is 13.3 Å². The van der Waals surface area contributed by atoms with Crippen LogP contribution in [0.15, 0.2) is 71.5 Å². The molecule has 0 unspecified atom stereocenters. The van der Waals surface area contributed by atoms with Gasteiger partial charge in [0, 0.05) is 34.2 Å². The van der Waals surface area contributed by atoms with Gasteiger partial charge >= 0.3 is 0 Å². The van der Waals surface area contributed by atoms with Crippen LogP contribution in [-0.4, -0.2) is 28.9 Å². The zero-order chi connectivity index (χ0) is 25.8. The number of halogens is 2. The third-order valence-corrected chi connectivity index (χ3v) is 6.84. The second-order valence-electron chi connectivity index (χ2n) is 7.95. The molecule has 2 aromatic heterocycles. The summed E-state index contributed by atoms with van der Waals surface area (Å²) in [4.78, 5) is 33.9. The highest BCUT2D eigenvalue weighted by atomic mass is 79.9. The van der Waals surface area contributed by atoms with Crippen LogP contribution < -0.4 is 15.4 Å². The highest BCUT2D eigenvalue weighted by molar-refractivity contribution is 9.10. The predicted molar refractivity (Wildman–Crippen MR) is 145 cm³/mol. The van der Waals surface area contributed by atoms with Gasteiger partial charge in [-0.1, -0.05) is 35.9 Å². The minimum atomic E-state index is -0.367. The Labute approximate surface area is 222 Å². The minimum Gasteiger partial charge on any atom is -0.497 e. The van der Waals surface area contributed by atoms with Crippen LogP contribution in [0.3, 0.4) is 0 Å². The van der Waals surface area contributed by atoms with Crippen LogP contribution in [0.25, 0.3) is 11.1 Å². The molecule has 0 aliphatic carbocycles. The molecular formula is C27H22BrClN4O3. The molecule has 0 aliphatic heterocycles. The Balaban J connectivity index is 1.61. The molecule has 36 heavy (non-hydrogen) atoms. The number of amides is 2. The first-order chi connectivity index (χ1) is 17.3. The van der Waals surface area contributed by atoms with Gasteiger partial charge in [0.1, 0.15) is 17.1 Å². The number of ether oxygens (including phenoxy) is 1. The normalized spacial score (nSPS) is 10.6. The van der Waals surface area contributed by atoms with Gasteiger partial charge in [0.25, 0.3) is 11.8 Å². The Morgan fingerprint density at radius 3 is 2.22 bits per heavy atom. The van der Waals surface area contributed by atoms with E-state index in [1.54, 1.807) is 36.5 Å². The quantitative estimate of drug-likeness (QED) is 0.272. The zero-order valence-corrected chi connectivity index (χ0v) is 22.1. The Morgan fingerprint density at radius 2 is 1.53 bits per heavy atom. The smallest absolute Gasteiger partial charge is 0.274 e. The predicted octanol–water partition coefficient (Wildman–Crippen LogP) is 6.69. The van der Waals surface area contributed by atoms with Crippen molar-refractivity contribution in [1.82, 2.24) is 9.97 Å². The zero-order valence-electron chi connectivity index (χ0n) is 19.7. The fraction of sp³-hybridized carbons (Fsp3) is 0.111. The molecule has 0 atom stereocenters. The van der Waals surface area contributed by atoms with Crippen LogP contribution in [0.5, 0.6) is 5.75 Å². The molecule has 0 fully saturated rings. The van der Waals surface area contributed by atoms with Gasteiger partial charge in [-0.15, -0.1) is 0 Å². The van der Waals surface area contributed by atoms with Gasteiger partial charge in [0.15, 0.2) is 0 Å². The third kappa shape index (κ3) is 5.40. The fourth-order valence-corrected chi connectivity index (χ4v) is 4.09. The molecule has 0 radical (unpaired) electrons. The van der Waals surface area contributed by atoms with E-state index in [0.29, 0.717) is 27.7 Å². The van der Waals surface area contributed by atoms with Gasteiger partial charge < -0.3 is 15.4 Å². The van der Waals surface area contributed by atoms with Crippen molar-refractivity contribution in [2.24, 2.45) is 0 Å².